The van der Waals surface area contributed by atoms with Gasteiger partial charge >= 0.3 is 0 Å². The summed E-state index contributed by atoms with van der Waals surface area (Å²) in [5.74, 6) is 0. The quantitative estimate of drug-likeness (QED) is 0.193. The van der Waals surface area contributed by atoms with Gasteiger partial charge in [-0.15, -0.1) is 11.3 Å². The third-order valence-electron chi connectivity index (χ3n) is 9.04. The highest BCUT2D eigenvalue weighted by atomic mass is 32.1. The van der Waals surface area contributed by atoms with E-state index in [9.17, 15) is 0 Å². The Balaban J connectivity index is 1.31. The van der Waals surface area contributed by atoms with E-state index in [2.05, 4.69) is 108 Å². The van der Waals surface area contributed by atoms with Gasteiger partial charge in [0.25, 0.3) is 0 Å². The molecule has 0 N–H and O–H groups in total. The molecule has 3 heteroatoms. The van der Waals surface area contributed by atoms with Gasteiger partial charge in [-0.2, -0.15) is 0 Å². The molecular weight excluding hydrogens is 565 g/mol. The predicted molar refractivity (Wildman–Crippen MR) is 193 cm³/mol. The second-order valence-electron chi connectivity index (χ2n) is 11.5. The van der Waals surface area contributed by atoms with Gasteiger partial charge in [0.15, 0.2) is 0 Å². The van der Waals surface area contributed by atoms with Crippen LogP contribution in [0, 0.1) is 0 Å². The minimum atomic E-state index is -0.234. The average Bonchev–Trinajstić information content (AvgIpc) is 3.81. The zero-order valence-corrected chi connectivity index (χ0v) is 24.8. The zero-order valence-electron chi connectivity index (χ0n) is 28.0. The third-order valence-corrected chi connectivity index (χ3v) is 10.2. The largest absolute Gasteiger partial charge is 0.309 e. The first-order valence-corrected chi connectivity index (χ1v) is 15.9. The van der Waals surface area contributed by atoms with Gasteiger partial charge in [0.2, 0.25) is 0 Å². The van der Waals surface area contributed by atoms with E-state index in [1.165, 1.54) is 31.3 Å². The molecule has 7 aromatic carbocycles. The van der Waals surface area contributed by atoms with Crippen LogP contribution in [0.15, 0.2) is 158 Å². The highest BCUT2D eigenvalue weighted by Crippen LogP contribution is 2.43. The standard InChI is InChI=1S/C42H26N2S/c1-2-11-27(12-3-1)28-21-24-40-34(25-28)42-38(19-10-20-41(42)45-40)44-37-18-9-6-15-32(37)33-23-22-29(26-39(33)44)43-35-16-7-4-13-30(35)31-14-5-8-17-36(31)43/h1-26H/i4D,7D,13D,16D. The van der Waals surface area contributed by atoms with E-state index in [0.717, 1.165) is 44.1 Å². The maximum Gasteiger partial charge on any atom is 0.0645 e. The molecule has 0 amide bonds. The monoisotopic (exact) mass is 594 g/mol. The Bertz CT molecular complexity index is 2990. The maximum absolute atomic E-state index is 8.99. The fraction of sp³-hybridized carbons (Fsp3) is 0. The molecule has 210 valence electrons. The van der Waals surface area contributed by atoms with Crippen LogP contribution >= 0.6 is 11.3 Å². The van der Waals surface area contributed by atoms with E-state index < -0.39 is 0 Å². The molecule has 3 heterocycles. The first kappa shape index (κ1) is 21.1. The van der Waals surface area contributed by atoms with Crippen molar-refractivity contribution in [3.05, 3.63) is 158 Å². The molecule has 0 fully saturated rings. The Kier molecular flexibility index (Phi) is 4.43. The van der Waals surface area contributed by atoms with Gasteiger partial charge in [-0.3, -0.25) is 0 Å². The Morgan fingerprint density at radius 2 is 1.18 bits per heavy atom. The van der Waals surface area contributed by atoms with Crippen molar-refractivity contribution in [1.82, 2.24) is 9.13 Å². The first-order valence-electron chi connectivity index (χ1n) is 17.0. The van der Waals surface area contributed by atoms with E-state index in [4.69, 9.17) is 5.48 Å². The second kappa shape index (κ2) is 9.43. The summed E-state index contributed by atoms with van der Waals surface area (Å²) < 4.78 is 41.6. The summed E-state index contributed by atoms with van der Waals surface area (Å²) in [5.41, 5.74) is 7.75. The molecule has 0 atom stereocenters. The summed E-state index contributed by atoms with van der Waals surface area (Å²) in [6.07, 6.45) is 0. The minimum Gasteiger partial charge on any atom is -0.309 e. The van der Waals surface area contributed by atoms with Crippen LogP contribution < -0.4 is 0 Å². The molecule has 45 heavy (non-hydrogen) atoms. The smallest absolute Gasteiger partial charge is 0.0645 e. The van der Waals surface area contributed by atoms with Crippen LogP contribution in [0.3, 0.4) is 0 Å². The van der Waals surface area contributed by atoms with Crippen LogP contribution in [0.25, 0.3) is 86.3 Å². The van der Waals surface area contributed by atoms with E-state index in [1.807, 2.05) is 46.2 Å². The Morgan fingerprint density at radius 3 is 2.04 bits per heavy atom. The van der Waals surface area contributed by atoms with Crippen molar-refractivity contribution in [1.29, 1.82) is 0 Å². The number of nitrogens with zero attached hydrogens (tertiary/aromatic N) is 2. The second-order valence-corrected chi connectivity index (χ2v) is 12.5. The molecule has 0 spiro atoms. The highest BCUT2D eigenvalue weighted by Gasteiger charge is 2.19. The van der Waals surface area contributed by atoms with E-state index >= 15 is 0 Å². The van der Waals surface area contributed by atoms with E-state index in [1.54, 1.807) is 0 Å². The van der Waals surface area contributed by atoms with Crippen molar-refractivity contribution in [3.8, 4) is 22.5 Å². The Labute approximate surface area is 269 Å². The summed E-state index contributed by atoms with van der Waals surface area (Å²) in [7, 11) is 0. The molecule has 0 aliphatic carbocycles. The summed E-state index contributed by atoms with van der Waals surface area (Å²) in [4.78, 5) is 0. The Morgan fingerprint density at radius 1 is 0.444 bits per heavy atom. The fourth-order valence-corrected chi connectivity index (χ4v) is 8.21. The summed E-state index contributed by atoms with van der Waals surface area (Å²) in [6.45, 7) is 0. The average molecular weight is 595 g/mol. The van der Waals surface area contributed by atoms with Crippen molar-refractivity contribution in [2.24, 2.45) is 0 Å². The molecule has 0 aliphatic rings. The van der Waals surface area contributed by atoms with Crippen molar-refractivity contribution in [2.75, 3.05) is 0 Å². The van der Waals surface area contributed by atoms with Crippen LogP contribution in [0.2, 0.25) is 0 Å². The topological polar surface area (TPSA) is 9.86 Å². The molecule has 0 saturated carbocycles. The lowest BCUT2D eigenvalue weighted by Crippen LogP contribution is -1.97. The van der Waals surface area contributed by atoms with Gasteiger partial charge in [0.1, 0.15) is 0 Å². The SMILES string of the molecule is [2H]c1c([2H])c([2H])c2c(c1[2H])c1ccccc1n2-c1ccc2c3ccccc3n(-c3cccc4sc5ccc(-c6ccccc6)cc5c34)c2c1. The lowest BCUT2D eigenvalue weighted by molar-refractivity contribution is 1.16. The number of benzene rings is 7. The minimum absolute atomic E-state index is 0.0213. The predicted octanol–water partition coefficient (Wildman–Crippen LogP) is 11.9. The molecule has 10 aromatic rings. The van der Waals surface area contributed by atoms with Crippen molar-refractivity contribution >= 4 is 75.1 Å². The molecular formula is C42H26N2S. The molecule has 0 aliphatic heterocycles. The van der Waals surface area contributed by atoms with Crippen LogP contribution in [-0.4, -0.2) is 9.13 Å². The summed E-state index contributed by atoms with van der Waals surface area (Å²) >= 11 is 1.81. The van der Waals surface area contributed by atoms with Gasteiger partial charge in [0.05, 0.1) is 33.2 Å². The van der Waals surface area contributed by atoms with Gasteiger partial charge in [-0.1, -0.05) is 103 Å². The lowest BCUT2D eigenvalue weighted by atomic mass is 10.0. The van der Waals surface area contributed by atoms with Crippen molar-refractivity contribution in [2.45, 2.75) is 0 Å². The molecule has 3 aromatic heterocycles. The normalized spacial score (nSPS) is 13.2. The van der Waals surface area contributed by atoms with Crippen LogP contribution in [0.4, 0.5) is 0 Å². The zero-order chi connectivity index (χ0) is 33.0. The Hall–Kier alpha value is -5.64. The summed E-state index contributed by atoms with van der Waals surface area (Å²) in [6, 6.07) is 46.0. The summed E-state index contributed by atoms with van der Waals surface area (Å²) in [5, 5.41) is 6.02. The number of hydrogen-bond donors (Lipinski definition) is 0. The number of rotatable bonds is 3. The van der Waals surface area contributed by atoms with Crippen LogP contribution in [0.5, 0.6) is 0 Å². The fourth-order valence-electron chi connectivity index (χ4n) is 7.10. The number of thiophene rings is 1. The number of para-hydroxylation sites is 3. The van der Waals surface area contributed by atoms with Gasteiger partial charge in [-0.05, 0) is 65.7 Å². The van der Waals surface area contributed by atoms with Crippen molar-refractivity contribution in [3.63, 3.8) is 0 Å². The molecule has 0 unspecified atom stereocenters. The van der Waals surface area contributed by atoms with E-state index in [0.29, 0.717) is 10.9 Å². The molecule has 0 radical (unpaired) electrons. The van der Waals surface area contributed by atoms with Gasteiger partial charge in [0, 0.05) is 47.4 Å². The van der Waals surface area contributed by atoms with Crippen LogP contribution in [0.1, 0.15) is 5.48 Å². The first-order chi connectivity index (χ1) is 24.0. The van der Waals surface area contributed by atoms with Gasteiger partial charge in [-0.25, -0.2) is 0 Å². The van der Waals surface area contributed by atoms with Gasteiger partial charge < -0.3 is 9.13 Å². The maximum atomic E-state index is 8.99. The third kappa shape index (κ3) is 3.56. The molecule has 0 bridgehead atoms. The van der Waals surface area contributed by atoms with Crippen LogP contribution in [-0.2, 0) is 0 Å². The lowest BCUT2D eigenvalue weighted by Gasteiger charge is -2.13. The highest BCUT2D eigenvalue weighted by molar-refractivity contribution is 7.25. The number of fused-ring (bicyclic) bond motifs is 9. The molecule has 10 rings (SSSR count). The molecule has 2 nitrogen and oxygen atoms in total. The van der Waals surface area contributed by atoms with E-state index in [-0.39, 0.29) is 24.2 Å². The number of aromatic nitrogens is 2. The van der Waals surface area contributed by atoms with Crippen molar-refractivity contribution < 1.29 is 5.48 Å². The number of hydrogen-bond acceptors (Lipinski definition) is 1. The molecule has 0 saturated heterocycles.